The van der Waals surface area contributed by atoms with Crippen molar-refractivity contribution in [3.63, 3.8) is 0 Å². The lowest BCUT2D eigenvalue weighted by Gasteiger charge is -2.21. The molecule has 0 aromatic heterocycles. The highest BCUT2D eigenvalue weighted by atomic mass is 31.2. The largest absolute Gasteiger partial charge is 0.472 e. The lowest BCUT2D eigenvalue weighted by Crippen LogP contribution is -2.30. The van der Waals surface area contributed by atoms with Gasteiger partial charge in [0.1, 0.15) is 19.3 Å². The Morgan fingerprint density at radius 3 is 0.885 bits per heavy atom. The van der Waals surface area contributed by atoms with Crippen LogP contribution >= 0.6 is 15.6 Å². The summed E-state index contributed by atoms with van der Waals surface area (Å²) in [7, 11) is -9.95. The maximum absolute atomic E-state index is 13.0. The molecule has 5 unspecified atom stereocenters. The van der Waals surface area contributed by atoms with E-state index in [-0.39, 0.29) is 25.7 Å². The molecule has 0 saturated heterocycles. The number of rotatable bonds is 69. The van der Waals surface area contributed by atoms with Gasteiger partial charge in [0.15, 0.2) is 12.2 Å². The van der Waals surface area contributed by atoms with Crippen LogP contribution in [0.15, 0.2) is 109 Å². The van der Waals surface area contributed by atoms with Crippen LogP contribution in [-0.4, -0.2) is 96.7 Å². The van der Waals surface area contributed by atoms with Crippen LogP contribution in [-0.2, 0) is 65.4 Å². The molecule has 5 atom stereocenters. The normalized spacial score (nSPS) is 14.6. The minimum absolute atomic E-state index is 0.0746. The Morgan fingerprint density at radius 1 is 0.302 bits per heavy atom. The molecule has 0 heterocycles. The monoisotopic (exact) mass is 1390 g/mol. The zero-order valence-electron chi connectivity index (χ0n) is 60.0. The fourth-order valence-corrected chi connectivity index (χ4v) is 11.1. The number of hydrogen-bond donors (Lipinski definition) is 3. The highest BCUT2D eigenvalue weighted by molar-refractivity contribution is 7.47. The van der Waals surface area contributed by atoms with E-state index in [0.29, 0.717) is 25.7 Å². The molecule has 0 radical (unpaired) electrons. The molecule has 552 valence electrons. The first kappa shape index (κ1) is 91.7. The van der Waals surface area contributed by atoms with Gasteiger partial charge in [-0.2, -0.15) is 0 Å². The summed E-state index contributed by atoms with van der Waals surface area (Å²) < 4.78 is 68.3. The zero-order valence-corrected chi connectivity index (χ0v) is 61.8. The van der Waals surface area contributed by atoms with Crippen molar-refractivity contribution in [3.05, 3.63) is 109 Å². The molecule has 0 aromatic carbocycles. The molecule has 17 nitrogen and oxygen atoms in total. The predicted molar refractivity (Wildman–Crippen MR) is 390 cm³/mol. The van der Waals surface area contributed by atoms with E-state index >= 15 is 0 Å². The Kier molecular flexibility index (Phi) is 66.1. The molecule has 0 spiro atoms. The van der Waals surface area contributed by atoms with Gasteiger partial charge in [0.2, 0.25) is 0 Å². The average Bonchev–Trinajstić information content (AvgIpc) is 1.11. The third kappa shape index (κ3) is 68.3. The van der Waals surface area contributed by atoms with Gasteiger partial charge in [0, 0.05) is 25.7 Å². The zero-order chi connectivity index (χ0) is 70.4. The van der Waals surface area contributed by atoms with E-state index in [1.807, 2.05) is 0 Å². The van der Waals surface area contributed by atoms with Crippen LogP contribution < -0.4 is 0 Å². The Labute approximate surface area is 581 Å². The molecule has 0 aromatic rings. The summed E-state index contributed by atoms with van der Waals surface area (Å²) >= 11 is 0. The van der Waals surface area contributed by atoms with E-state index in [2.05, 4.69) is 137 Å². The molecule has 0 bridgehead atoms. The van der Waals surface area contributed by atoms with Crippen LogP contribution in [0.2, 0.25) is 0 Å². The number of aliphatic hydroxyl groups excluding tert-OH is 1. The molecular weight excluding hydrogens is 1260 g/mol. The molecule has 0 aliphatic carbocycles. The Hall–Kier alpha value is -4.28. The van der Waals surface area contributed by atoms with Crippen molar-refractivity contribution in [2.75, 3.05) is 39.6 Å². The summed E-state index contributed by atoms with van der Waals surface area (Å²) in [4.78, 5) is 72.7. The first-order chi connectivity index (χ1) is 46.7. The molecule has 0 fully saturated rings. The van der Waals surface area contributed by atoms with Crippen LogP contribution in [0.25, 0.3) is 0 Å². The third-order valence-electron chi connectivity index (χ3n) is 15.2. The van der Waals surface area contributed by atoms with E-state index < -0.39 is 97.5 Å². The summed E-state index contributed by atoms with van der Waals surface area (Å²) in [5.41, 5.74) is 0. The highest BCUT2D eigenvalue weighted by Gasteiger charge is 2.30. The molecule has 0 aliphatic rings. The second-order valence-electron chi connectivity index (χ2n) is 24.5. The van der Waals surface area contributed by atoms with Gasteiger partial charge in [-0.05, 0) is 122 Å². The van der Waals surface area contributed by atoms with E-state index in [9.17, 15) is 43.2 Å². The number of phosphoric ester groups is 2. The minimum atomic E-state index is -4.98. The highest BCUT2D eigenvalue weighted by Crippen LogP contribution is 2.45. The van der Waals surface area contributed by atoms with Crippen LogP contribution in [0, 0.1) is 0 Å². The standard InChI is InChI=1S/C77H132O17P2/c1-5-9-13-17-21-25-29-32-33-34-35-36-37-40-43-46-50-54-58-62-75(80)88-67-72(93-76(81)63-59-55-51-47-41-28-24-20-16-12-8-4)69-91-95(83,84)89-65-71(78)66-90-96(85,86)92-70-73(94-77(82)64-60-56-52-48-44-39-31-27-23-19-15-11-7-3)68-87-74(79)61-57-53-49-45-42-38-30-26-22-18-14-10-6-2/h9,13-15,18-19,21,25-27,30-33,35-36,40,43,71-73,78H,5-8,10-12,16-17,20,22-24,28-29,34,37-39,41-42,44-70H2,1-4H3,(H,83,84)(H,85,86)/b13-9-,18-14-,19-15-,25-21-,30-26-,31-27-,33-32-,36-35-,43-40-. The topological polar surface area (TPSA) is 237 Å². The van der Waals surface area contributed by atoms with Gasteiger partial charge in [0.05, 0.1) is 26.4 Å². The van der Waals surface area contributed by atoms with Crippen molar-refractivity contribution in [2.45, 2.75) is 316 Å². The van der Waals surface area contributed by atoms with Crippen LogP contribution in [0.5, 0.6) is 0 Å². The Bertz CT molecular complexity index is 2250. The number of aliphatic hydroxyl groups is 1. The lowest BCUT2D eigenvalue weighted by atomic mass is 10.1. The van der Waals surface area contributed by atoms with Gasteiger partial charge >= 0.3 is 39.5 Å². The van der Waals surface area contributed by atoms with Crippen molar-refractivity contribution in [3.8, 4) is 0 Å². The second kappa shape index (κ2) is 69.2. The van der Waals surface area contributed by atoms with Crippen molar-refractivity contribution in [1.82, 2.24) is 0 Å². The Balaban J connectivity index is 5.34. The number of unbranched alkanes of at least 4 members (excludes halogenated alkanes) is 25. The van der Waals surface area contributed by atoms with E-state index in [1.54, 1.807) is 0 Å². The van der Waals surface area contributed by atoms with Crippen molar-refractivity contribution < 1.29 is 80.2 Å². The van der Waals surface area contributed by atoms with Crippen LogP contribution in [0.1, 0.15) is 297 Å². The Morgan fingerprint density at radius 2 is 0.562 bits per heavy atom. The predicted octanol–water partition coefficient (Wildman–Crippen LogP) is 21.0. The van der Waals surface area contributed by atoms with Crippen molar-refractivity contribution in [2.24, 2.45) is 0 Å². The maximum atomic E-state index is 13.0. The molecule has 0 aliphatic heterocycles. The quantitative estimate of drug-likeness (QED) is 0.0169. The first-order valence-electron chi connectivity index (χ1n) is 37.1. The molecular formula is C77H132O17P2. The first-order valence-corrected chi connectivity index (χ1v) is 40.1. The molecule has 3 N–H and O–H groups in total. The number of ether oxygens (including phenoxy) is 4. The summed E-state index contributed by atoms with van der Waals surface area (Å²) in [6.07, 6.45) is 72.3. The van der Waals surface area contributed by atoms with Gasteiger partial charge in [-0.1, -0.05) is 259 Å². The molecule has 0 amide bonds. The smallest absolute Gasteiger partial charge is 0.462 e. The maximum Gasteiger partial charge on any atom is 0.472 e. The molecule has 0 rings (SSSR count). The number of phosphoric acid groups is 2. The van der Waals surface area contributed by atoms with Gasteiger partial charge in [-0.15, -0.1) is 0 Å². The van der Waals surface area contributed by atoms with Crippen molar-refractivity contribution in [1.29, 1.82) is 0 Å². The van der Waals surface area contributed by atoms with Crippen LogP contribution in [0.3, 0.4) is 0 Å². The van der Waals surface area contributed by atoms with Crippen molar-refractivity contribution >= 4 is 39.5 Å². The summed E-state index contributed by atoms with van der Waals surface area (Å²) in [5.74, 6) is -2.24. The lowest BCUT2D eigenvalue weighted by molar-refractivity contribution is -0.161. The number of hydrogen-bond acceptors (Lipinski definition) is 15. The summed E-state index contributed by atoms with van der Waals surface area (Å²) in [6.45, 7) is 4.55. The fraction of sp³-hybridized carbons (Fsp3) is 0.714. The number of carbonyl (C=O) groups is 4. The summed E-state index contributed by atoms with van der Waals surface area (Å²) in [5, 5.41) is 10.6. The van der Waals surface area contributed by atoms with E-state index in [1.165, 1.54) is 38.5 Å². The van der Waals surface area contributed by atoms with E-state index in [0.717, 1.165) is 180 Å². The van der Waals surface area contributed by atoms with Gasteiger partial charge in [-0.25, -0.2) is 9.13 Å². The van der Waals surface area contributed by atoms with Gasteiger partial charge in [-0.3, -0.25) is 37.3 Å². The fourth-order valence-electron chi connectivity index (χ4n) is 9.56. The summed E-state index contributed by atoms with van der Waals surface area (Å²) in [6, 6.07) is 0. The van der Waals surface area contributed by atoms with Gasteiger partial charge in [0.25, 0.3) is 0 Å². The second-order valence-corrected chi connectivity index (χ2v) is 27.4. The molecule has 19 heteroatoms. The van der Waals surface area contributed by atoms with E-state index in [4.69, 9.17) is 37.0 Å². The van der Waals surface area contributed by atoms with Gasteiger partial charge < -0.3 is 33.8 Å². The number of allylic oxidation sites excluding steroid dienone is 18. The number of esters is 4. The average molecular weight is 1390 g/mol. The molecule has 96 heavy (non-hydrogen) atoms. The minimum Gasteiger partial charge on any atom is -0.462 e. The third-order valence-corrected chi connectivity index (χ3v) is 17.1. The number of carbonyl (C=O) groups excluding carboxylic acids is 4. The molecule has 0 saturated carbocycles. The van der Waals surface area contributed by atoms with Crippen LogP contribution in [0.4, 0.5) is 0 Å². The SMILES string of the molecule is CC/C=C\C/C=C\C/C=C\C/C=C\C/C=C\CCCCCC(=O)OCC(COP(=O)(O)OCC(O)COP(=O)(O)OCC(COC(=O)CCCCCCC/C=C\C/C=C\CCC)OC(=O)CCCCCCC/C=C\C/C=C\CCC)OC(=O)CCCCCCCCCCCCC.